The molecule has 2 rings (SSSR count). The Kier molecular flexibility index (Phi) is 7.65. The van der Waals surface area contributed by atoms with Gasteiger partial charge in [-0.05, 0) is 35.9 Å². The second-order valence-corrected chi connectivity index (χ2v) is 8.45. The molecule has 0 aliphatic heterocycles. The maximum Gasteiger partial charge on any atom is 0.259 e. The molecule has 10 heteroatoms. The molecule has 2 N–H and O–H groups in total. The van der Waals surface area contributed by atoms with E-state index in [9.17, 15) is 18.0 Å². The number of anilines is 1. The Labute approximate surface area is 176 Å². The van der Waals surface area contributed by atoms with Gasteiger partial charge in [-0.25, -0.2) is 8.42 Å². The summed E-state index contributed by atoms with van der Waals surface area (Å²) in [5.41, 5.74) is 1.38. The summed E-state index contributed by atoms with van der Waals surface area (Å²) in [5.74, 6) is 0.319. The minimum absolute atomic E-state index is 0.114. The molecule has 0 heterocycles. The lowest BCUT2D eigenvalue weighted by molar-refractivity contribution is -0.130. The first-order valence-corrected chi connectivity index (χ1v) is 10.8. The molecule has 0 aliphatic carbocycles. The van der Waals surface area contributed by atoms with E-state index in [-0.39, 0.29) is 25.0 Å². The lowest BCUT2D eigenvalue weighted by atomic mass is 10.1. The van der Waals surface area contributed by atoms with Crippen molar-refractivity contribution in [2.45, 2.75) is 6.54 Å². The van der Waals surface area contributed by atoms with Crippen LogP contribution >= 0.6 is 0 Å². The van der Waals surface area contributed by atoms with Crippen LogP contribution in [0.1, 0.15) is 15.9 Å². The zero-order valence-corrected chi connectivity index (χ0v) is 18.1. The van der Waals surface area contributed by atoms with E-state index < -0.39 is 10.0 Å². The first-order valence-electron chi connectivity index (χ1n) is 8.95. The van der Waals surface area contributed by atoms with Crippen molar-refractivity contribution in [1.82, 2.24) is 10.2 Å². The van der Waals surface area contributed by atoms with E-state index in [0.717, 1.165) is 11.8 Å². The molecule has 0 saturated heterocycles. The van der Waals surface area contributed by atoms with Crippen molar-refractivity contribution in [3.63, 3.8) is 0 Å². The third-order valence-corrected chi connectivity index (χ3v) is 4.57. The van der Waals surface area contributed by atoms with Crippen molar-refractivity contribution in [2.75, 3.05) is 38.8 Å². The van der Waals surface area contributed by atoms with Gasteiger partial charge in [0.1, 0.15) is 0 Å². The summed E-state index contributed by atoms with van der Waals surface area (Å²) in [6.07, 6.45) is 1.04. The van der Waals surface area contributed by atoms with Crippen LogP contribution in [0.15, 0.2) is 42.5 Å². The van der Waals surface area contributed by atoms with E-state index in [4.69, 9.17) is 9.47 Å². The van der Waals surface area contributed by atoms with Gasteiger partial charge in [-0.3, -0.25) is 14.3 Å². The van der Waals surface area contributed by atoms with Crippen LogP contribution < -0.4 is 19.5 Å². The summed E-state index contributed by atoms with van der Waals surface area (Å²) in [4.78, 5) is 25.5. The molecular weight excluding hydrogens is 410 g/mol. The number of amides is 2. The van der Waals surface area contributed by atoms with Gasteiger partial charge in [-0.1, -0.05) is 12.1 Å². The topological polar surface area (TPSA) is 114 Å². The average molecular weight is 436 g/mol. The molecule has 0 bridgehead atoms. The van der Waals surface area contributed by atoms with Crippen molar-refractivity contribution in [1.29, 1.82) is 0 Å². The molecule has 2 aromatic carbocycles. The fourth-order valence-corrected chi connectivity index (χ4v) is 2.99. The summed E-state index contributed by atoms with van der Waals surface area (Å²) in [7, 11) is 1.33. The van der Waals surface area contributed by atoms with Crippen molar-refractivity contribution < 1.29 is 27.5 Å². The van der Waals surface area contributed by atoms with Gasteiger partial charge in [0.2, 0.25) is 10.0 Å². The number of hydrogen-bond donors (Lipinski definition) is 2. The first-order chi connectivity index (χ1) is 14.1. The maximum absolute atomic E-state index is 12.4. The molecule has 0 aromatic heterocycles. The molecule has 0 radical (unpaired) electrons. The summed E-state index contributed by atoms with van der Waals surface area (Å²) in [6.45, 7) is 0.104. The van der Waals surface area contributed by atoms with E-state index in [1.54, 1.807) is 50.5 Å². The number of benzene rings is 2. The number of carbonyl (C=O) groups excluding carboxylic acids is 2. The zero-order chi connectivity index (χ0) is 22.3. The van der Waals surface area contributed by atoms with Gasteiger partial charge in [-0.2, -0.15) is 0 Å². The van der Waals surface area contributed by atoms with Crippen LogP contribution in [0.4, 0.5) is 5.69 Å². The van der Waals surface area contributed by atoms with Gasteiger partial charge in [0, 0.05) is 31.9 Å². The minimum Gasteiger partial charge on any atom is -0.493 e. The van der Waals surface area contributed by atoms with Crippen molar-refractivity contribution in [2.24, 2.45) is 0 Å². The molecule has 0 atom stereocenters. The number of rotatable bonds is 9. The van der Waals surface area contributed by atoms with Crippen LogP contribution in [-0.2, 0) is 21.4 Å². The molecule has 0 fully saturated rings. The van der Waals surface area contributed by atoms with Crippen molar-refractivity contribution in [3.05, 3.63) is 53.6 Å². The molecule has 162 valence electrons. The van der Waals surface area contributed by atoms with Gasteiger partial charge < -0.3 is 19.7 Å². The summed E-state index contributed by atoms with van der Waals surface area (Å²) >= 11 is 0. The van der Waals surface area contributed by atoms with Gasteiger partial charge in [0.05, 0.1) is 13.4 Å². The average Bonchev–Trinajstić information content (AvgIpc) is 2.69. The van der Waals surface area contributed by atoms with E-state index in [0.29, 0.717) is 22.7 Å². The highest BCUT2D eigenvalue weighted by atomic mass is 32.2. The van der Waals surface area contributed by atoms with Crippen LogP contribution in [0.3, 0.4) is 0 Å². The Bertz CT molecular complexity index is 1020. The molecule has 30 heavy (non-hydrogen) atoms. The molecular formula is C20H25N3O6S. The Morgan fingerprint density at radius 3 is 2.43 bits per heavy atom. The number of nitrogens with one attached hydrogen (secondary N) is 2. The number of methoxy groups -OCH3 is 1. The summed E-state index contributed by atoms with van der Waals surface area (Å²) < 4.78 is 35.8. The third kappa shape index (κ3) is 6.96. The van der Waals surface area contributed by atoms with Gasteiger partial charge in [-0.15, -0.1) is 0 Å². The predicted octanol–water partition coefficient (Wildman–Crippen LogP) is 1.46. The molecule has 0 saturated carbocycles. The molecule has 0 aliphatic rings. The van der Waals surface area contributed by atoms with Gasteiger partial charge in [0.15, 0.2) is 18.1 Å². The van der Waals surface area contributed by atoms with E-state index >= 15 is 0 Å². The smallest absolute Gasteiger partial charge is 0.259 e. The maximum atomic E-state index is 12.4. The highest BCUT2D eigenvalue weighted by Crippen LogP contribution is 2.28. The monoisotopic (exact) mass is 435 g/mol. The minimum atomic E-state index is -3.43. The highest BCUT2D eigenvalue weighted by molar-refractivity contribution is 7.92. The second kappa shape index (κ2) is 9.97. The molecule has 0 spiro atoms. The summed E-state index contributed by atoms with van der Waals surface area (Å²) in [5, 5.41) is 2.77. The van der Waals surface area contributed by atoms with Crippen molar-refractivity contribution >= 4 is 27.5 Å². The Hall–Kier alpha value is -3.27. The Morgan fingerprint density at radius 1 is 1.07 bits per heavy atom. The van der Waals surface area contributed by atoms with Crippen molar-refractivity contribution in [3.8, 4) is 11.5 Å². The van der Waals surface area contributed by atoms with Crippen LogP contribution in [0.5, 0.6) is 11.5 Å². The molecule has 2 aromatic rings. The van der Waals surface area contributed by atoms with Gasteiger partial charge in [0.25, 0.3) is 11.8 Å². The standard InChI is InChI=1S/C20H25N3O6S/c1-23(2)19(24)13-29-17-9-8-14(10-18(17)28-3)12-21-20(25)15-6-5-7-16(11-15)22-30(4,26)27/h5-11,22H,12-13H2,1-4H3,(H,21,25). The largest absolute Gasteiger partial charge is 0.493 e. The SMILES string of the molecule is COc1cc(CNC(=O)c2cccc(NS(C)(=O)=O)c2)ccc1OCC(=O)N(C)C. The fourth-order valence-electron chi connectivity index (χ4n) is 2.43. The third-order valence-electron chi connectivity index (χ3n) is 3.96. The zero-order valence-electron chi connectivity index (χ0n) is 17.3. The molecule has 2 amide bonds. The van der Waals surface area contributed by atoms with Gasteiger partial charge >= 0.3 is 0 Å². The number of sulfonamides is 1. The fraction of sp³-hybridized carbons (Fsp3) is 0.300. The second-order valence-electron chi connectivity index (χ2n) is 6.70. The lowest BCUT2D eigenvalue weighted by Gasteiger charge is -2.14. The number of carbonyl (C=O) groups is 2. The van der Waals surface area contributed by atoms with E-state index in [1.807, 2.05) is 0 Å². The normalized spacial score (nSPS) is 10.8. The molecule has 9 nitrogen and oxygen atoms in total. The van der Waals surface area contributed by atoms with E-state index in [1.165, 1.54) is 18.1 Å². The Balaban J connectivity index is 2.02. The van der Waals surface area contributed by atoms with Crippen LogP contribution in [0.2, 0.25) is 0 Å². The summed E-state index contributed by atoms with van der Waals surface area (Å²) in [6, 6.07) is 11.3. The molecule has 0 unspecified atom stereocenters. The number of likely N-dealkylation sites (N-methyl/N-ethyl adjacent to an activating group) is 1. The lowest BCUT2D eigenvalue weighted by Crippen LogP contribution is -2.27. The number of hydrogen-bond acceptors (Lipinski definition) is 6. The van der Waals surface area contributed by atoms with Crippen LogP contribution in [0, 0.1) is 0 Å². The van der Waals surface area contributed by atoms with Crippen LogP contribution in [-0.4, -0.2) is 59.2 Å². The first kappa shape index (κ1) is 23.0. The number of ether oxygens (including phenoxy) is 2. The van der Waals surface area contributed by atoms with E-state index in [2.05, 4.69) is 10.0 Å². The highest BCUT2D eigenvalue weighted by Gasteiger charge is 2.12. The number of nitrogens with zero attached hydrogens (tertiary/aromatic N) is 1. The Morgan fingerprint density at radius 2 is 1.80 bits per heavy atom. The quantitative estimate of drug-likeness (QED) is 0.617. The van der Waals surface area contributed by atoms with Crippen LogP contribution in [0.25, 0.3) is 0 Å². The predicted molar refractivity (Wildman–Crippen MR) is 113 cm³/mol.